The molecule has 0 saturated carbocycles. The van der Waals surface area contributed by atoms with Crippen molar-refractivity contribution in [1.82, 2.24) is 9.88 Å². The zero-order chi connectivity index (χ0) is 20.4. The number of carbonyl (C=O) groups excluding carboxylic acids is 1. The van der Waals surface area contributed by atoms with Gasteiger partial charge in [-0.3, -0.25) is 4.98 Å². The fourth-order valence-electron chi connectivity index (χ4n) is 4.08. The van der Waals surface area contributed by atoms with Crippen molar-refractivity contribution in [3.8, 4) is 5.75 Å². The van der Waals surface area contributed by atoms with Crippen LogP contribution in [0.5, 0.6) is 5.75 Å². The molecule has 154 valence electrons. The van der Waals surface area contributed by atoms with Crippen molar-refractivity contribution in [1.29, 1.82) is 0 Å². The lowest BCUT2D eigenvalue weighted by Crippen LogP contribution is -2.37. The number of carbonyl (C=O) groups is 1. The van der Waals surface area contributed by atoms with E-state index in [0.717, 1.165) is 43.2 Å². The highest BCUT2D eigenvalue weighted by atomic mass is 16.6. The van der Waals surface area contributed by atoms with Crippen molar-refractivity contribution in [3.05, 3.63) is 54.4 Å². The Morgan fingerprint density at radius 2 is 1.76 bits per heavy atom. The third-order valence-corrected chi connectivity index (χ3v) is 5.45. The van der Waals surface area contributed by atoms with E-state index in [1.54, 1.807) is 6.20 Å². The Kier molecular flexibility index (Phi) is 5.35. The monoisotopic (exact) mass is 395 g/mol. The first-order chi connectivity index (χ1) is 13.9. The first-order valence-electron chi connectivity index (χ1n) is 10.2. The Morgan fingerprint density at radius 3 is 2.41 bits per heavy atom. The number of nitrogens with zero attached hydrogens (tertiary/aromatic N) is 3. The highest BCUT2D eigenvalue weighted by Crippen LogP contribution is 2.35. The van der Waals surface area contributed by atoms with E-state index >= 15 is 0 Å². The highest BCUT2D eigenvalue weighted by molar-refractivity contribution is 5.68. The van der Waals surface area contributed by atoms with Gasteiger partial charge in [-0.05, 0) is 26.3 Å². The molecule has 2 unspecified atom stereocenters. The molecule has 2 atom stereocenters. The predicted molar refractivity (Wildman–Crippen MR) is 112 cm³/mol. The Hall–Kier alpha value is -2.76. The second-order valence-electron chi connectivity index (χ2n) is 8.96. The zero-order valence-corrected chi connectivity index (χ0v) is 17.4. The lowest BCUT2D eigenvalue weighted by Gasteiger charge is -2.26. The van der Waals surface area contributed by atoms with Crippen LogP contribution in [0.2, 0.25) is 0 Å². The smallest absolute Gasteiger partial charge is 0.410 e. The number of rotatable bonds is 4. The normalized spacial score (nSPS) is 21.2. The van der Waals surface area contributed by atoms with Gasteiger partial charge in [0.05, 0.1) is 18.1 Å². The fraction of sp³-hybridized carbons (Fsp3) is 0.478. The summed E-state index contributed by atoms with van der Waals surface area (Å²) in [5, 5.41) is 0. The van der Waals surface area contributed by atoms with Gasteiger partial charge in [-0.15, -0.1) is 0 Å². The SMILES string of the molecule is CC(C)(C)OC(=O)N1CC2CN(c3cncc(OCc4ccccc4)c3)CC2C1. The van der Waals surface area contributed by atoms with Gasteiger partial charge >= 0.3 is 6.09 Å². The van der Waals surface area contributed by atoms with Crippen molar-refractivity contribution < 1.29 is 14.3 Å². The summed E-state index contributed by atoms with van der Waals surface area (Å²) in [5.74, 6) is 1.71. The van der Waals surface area contributed by atoms with Gasteiger partial charge in [-0.2, -0.15) is 0 Å². The van der Waals surface area contributed by atoms with Gasteiger partial charge in [-0.1, -0.05) is 30.3 Å². The van der Waals surface area contributed by atoms with Crippen LogP contribution in [0.3, 0.4) is 0 Å². The molecule has 4 rings (SSSR count). The minimum absolute atomic E-state index is 0.198. The number of amides is 1. The highest BCUT2D eigenvalue weighted by Gasteiger charge is 2.42. The molecule has 2 aliphatic rings. The summed E-state index contributed by atoms with van der Waals surface area (Å²) in [5.41, 5.74) is 1.76. The number of anilines is 1. The first-order valence-corrected chi connectivity index (χ1v) is 10.2. The minimum atomic E-state index is -0.452. The van der Waals surface area contributed by atoms with Crippen LogP contribution >= 0.6 is 0 Å². The fourth-order valence-corrected chi connectivity index (χ4v) is 4.08. The summed E-state index contributed by atoms with van der Waals surface area (Å²) in [7, 11) is 0. The van der Waals surface area contributed by atoms with Gasteiger partial charge in [-0.25, -0.2) is 4.79 Å². The molecule has 0 radical (unpaired) electrons. The number of hydrogen-bond acceptors (Lipinski definition) is 5. The van der Waals surface area contributed by atoms with Crippen LogP contribution in [0.1, 0.15) is 26.3 Å². The molecule has 2 saturated heterocycles. The minimum Gasteiger partial charge on any atom is -0.487 e. The molecule has 0 aliphatic carbocycles. The third kappa shape index (κ3) is 4.81. The van der Waals surface area contributed by atoms with Crippen LogP contribution < -0.4 is 9.64 Å². The molecular weight excluding hydrogens is 366 g/mol. The van der Waals surface area contributed by atoms with Gasteiger partial charge in [0.15, 0.2) is 0 Å². The number of fused-ring (bicyclic) bond motifs is 1. The van der Waals surface area contributed by atoms with E-state index in [9.17, 15) is 4.79 Å². The van der Waals surface area contributed by atoms with E-state index in [2.05, 4.69) is 28.1 Å². The predicted octanol–water partition coefficient (Wildman–Crippen LogP) is 3.96. The van der Waals surface area contributed by atoms with Crippen LogP contribution in [-0.2, 0) is 11.3 Å². The van der Waals surface area contributed by atoms with Crippen LogP contribution in [0, 0.1) is 11.8 Å². The standard InChI is InChI=1S/C23H29N3O3/c1-23(2,3)29-22(27)26-14-18-12-25(13-19(18)15-26)20-9-21(11-24-10-20)28-16-17-7-5-4-6-8-17/h4-11,18-19H,12-16H2,1-3H3. The number of pyridine rings is 1. The van der Waals surface area contributed by atoms with Gasteiger partial charge in [0.25, 0.3) is 0 Å². The number of aromatic nitrogens is 1. The van der Waals surface area contributed by atoms with Crippen LogP contribution in [0.4, 0.5) is 10.5 Å². The maximum atomic E-state index is 12.3. The lowest BCUT2D eigenvalue weighted by molar-refractivity contribution is 0.0282. The van der Waals surface area contributed by atoms with E-state index in [0.29, 0.717) is 18.4 Å². The van der Waals surface area contributed by atoms with E-state index in [4.69, 9.17) is 9.47 Å². The molecule has 0 bridgehead atoms. The molecule has 6 heteroatoms. The van der Waals surface area contributed by atoms with Crippen LogP contribution in [-0.4, -0.2) is 47.8 Å². The average Bonchev–Trinajstić information content (AvgIpc) is 3.25. The first kappa shape index (κ1) is 19.6. The Labute approximate surface area is 172 Å². The Bertz CT molecular complexity index is 836. The number of ether oxygens (including phenoxy) is 2. The molecular formula is C23H29N3O3. The number of likely N-dealkylation sites (tertiary alicyclic amines) is 1. The molecule has 29 heavy (non-hydrogen) atoms. The van der Waals surface area contributed by atoms with Crippen molar-refractivity contribution in [2.75, 3.05) is 31.1 Å². The van der Waals surface area contributed by atoms with Gasteiger partial charge in [0.2, 0.25) is 0 Å². The number of benzene rings is 1. The Balaban J connectivity index is 1.33. The second-order valence-corrected chi connectivity index (χ2v) is 8.96. The molecule has 3 heterocycles. The van der Waals surface area contributed by atoms with E-state index in [1.807, 2.05) is 50.1 Å². The summed E-state index contributed by atoms with van der Waals surface area (Å²) < 4.78 is 11.4. The molecule has 6 nitrogen and oxygen atoms in total. The third-order valence-electron chi connectivity index (χ3n) is 5.45. The summed E-state index contributed by atoms with van der Waals surface area (Å²) in [6, 6.07) is 12.2. The van der Waals surface area contributed by atoms with Crippen LogP contribution in [0.15, 0.2) is 48.8 Å². The topological polar surface area (TPSA) is 54.9 Å². The Morgan fingerprint density at radius 1 is 1.07 bits per heavy atom. The largest absolute Gasteiger partial charge is 0.487 e. The second kappa shape index (κ2) is 7.93. The molecule has 2 fully saturated rings. The molecule has 1 aromatic carbocycles. The van der Waals surface area contributed by atoms with E-state index in [1.165, 1.54) is 0 Å². The van der Waals surface area contributed by atoms with Crippen molar-refractivity contribution in [2.45, 2.75) is 33.0 Å². The molecule has 0 spiro atoms. The summed E-state index contributed by atoms with van der Waals surface area (Å²) in [4.78, 5) is 20.9. The number of hydrogen-bond donors (Lipinski definition) is 0. The van der Waals surface area contributed by atoms with E-state index in [-0.39, 0.29) is 6.09 Å². The van der Waals surface area contributed by atoms with Crippen molar-refractivity contribution in [2.24, 2.45) is 11.8 Å². The van der Waals surface area contributed by atoms with Crippen molar-refractivity contribution >= 4 is 11.8 Å². The molecule has 1 aromatic heterocycles. The maximum absolute atomic E-state index is 12.3. The van der Waals surface area contributed by atoms with Gasteiger partial charge < -0.3 is 19.3 Å². The van der Waals surface area contributed by atoms with E-state index < -0.39 is 5.60 Å². The van der Waals surface area contributed by atoms with Crippen molar-refractivity contribution in [3.63, 3.8) is 0 Å². The van der Waals surface area contributed by atoms with Gasteiger partial charge in [0, 0.05) is 44.1 Å². The maximum Gasteiger partial charge on any atom is 0.410 e. The quantitative estimate of drug-likeness (QED) is 0.784. The lowest BCUT2D eigenvalue weighted by atomic mass is 10.0. The van der Waals surface area contributed by atoms with Gasteiger partial charge in [0.1, 0.15) is 18.0 Å². The molecule has 2 aromatic rings. The summed E-state index contributed by atoms with van der Waals surface area (Å²) in [6.45, 7) is 9.61. The average molecular weight is 396 g/mol. The summed E-state index contributed by atoms with van der Waals surface area (Å²) >= 11 is 0. The molecule has 0 N–H and O–H groups in total. The zero-order valence-electron chi connectivity index (χ0n) is 17.4. The molecule has 2 aliphatic heterocycles. The van der Waals surface area contributed by atoms with Crippen LogP contribution in [0.25, 0.3) is 0 Å². The molecule has 1 amide bonds. The summed E-state index contributed by atoms with van der Waals surface area (Å²) in [6.07, 6.45) is 3.45.